The van der Waals surface area contributed by atoms with Crippen molar-refractivity contribution in [3.05, 3.63) is 28.8 Å². The lowest BCUT2D eigenvalue weighted by Crippen LogP contribution is -2.41. The van der Waals surface area contributed by atoms with Gasteiger partial charge in [-0.05, 0) is 37.8 Å². The smallest absolute Gasteiger partial charge is 0.243 e. The maximum absolute atomic E-state index is 13.1. The molecule has 1 aliphatic rings. The van der Waals surface area contributed by atoms with Crippen LogP contribution in [0.15, 0.2) is 23.1 Å². The van der Waals surface area contributed by atoms with Gasteiger partial charge in [-0.3, -0.25) is 4.79 Å². The minimum atomic E-state index is -3.68. The number of carbonyl (C=O) groups excluding carboxylic acids is 1. The molecule has 176 valence electrons. The van der Waals surface area contributed by atoms with Crippen molar-refractivity contribution in [2.75, 3.05) is 32.6 Å². The zero-order valence-electron chi connectivity index (χ0n) is 19.0. The Balaban J connectivity index is 1.63. The number of ether oxygens (including phenoxy) is 2. The van der Waals surface area contributed by atoms with E-state index >= 15 is 0 Å². The van der Waals surface area contributed by atoms with Gasteiger partial charge in [-0.25, -0.2) is 13.4 Å². The van der Waals surface area contributed by atoms with Gasteiger partial charge in [-0.15, -0.1) is 11.3 Å². The molecular weight excluding hydrogens is 450 g/mol. The quantitative estimate of drug-likeness (QED) is 0.586. The molecule has 1 N–H and O–H groups in total. The summed E-state index contributed by atoms with van der Waals surface area (Å²) in [5, 5.41) is 3.58. The first-order valence-electron chi connectivity index (χ1n) is 10.9. The molecule has 0 atom stereocenters. The fourth-order valence-electron chi connectivity index (χ4n) is 3.84. The van der Waals surface area contributed by atoms with Gasteiger partial charge in [0.15, 0.2) is 16.6 Å². The Bertz CT molecular complexity index is 1040. The number of rotatable bonds is 9. The van der Waals surface area contributed by atoms with Crippen molar-refractivity contribution < 1.29 is 22.7 Å². The van der Waals surface area contributed by atoms with Crippen LogP contribution in [0.3, 0.4) is 0 Å². The molecule has 0 unspecified atom stereocenters. The van der Waals surface area contributed by atoms with Gasteiger partial charge in [-0.2, -0.15) is 4.31 Å². The van der Waals surface area contributed by atoms with E-state index < -0.39 is 10.0 Å². The first-order valence-corrected chi connectivity index (χ1v) is 13.1. The second kappa shape index (κ2) is 10.6. The zero-order valence-corrected chi connectivity index (χ0v) is 20.6. The summed E-state index contributed by atoms with van der Waals surface area (Å²) in [7, 11) is -0.715. The molecule has 0 bridgehead atoms. The highest BCUT2D eigenvalue weighted by Gasteiger charge is 2.33. The third kappa shape index (κ3) is 5.24. The summed E-state index contributed by atoms with van der Waals surface area (Å²) >= 11 is 1.53. The van der Waals surface area contributed by atoms with Crippen LogP contribution in [0.2, 0.25) is 0 Å². The van der Waals surface area contributed by atoms with Crippen molar-refractivity contribution in [3.63, 3.8) is 0 Å². The number of piperidine rings is 1. The third-order valence-corrected chi connectivity index (χ3v) is 8.69. The molecule has 1 amide bonds. The predicted molar refractivity (Wildman–Crippen MR) is 125 cm³/mol. The minimum absolute atomic E-state index is 0.0902. The van der Waals surface area contributed by atoms with Crippen molar-refractivity contribution >= 4 is 32.4 Å². The normalized spacial score (nSPS) is 15.5. The van der Waals surface area contributed by atoms with Gasteiger partial charge in [0.1, 0.15) is 0 Å². The van der Waals surface area contributed by atoms with Crippen LogP contribution in [-0.2, 0) is 27.7 Å². The molecular formula is C22H31N3O5S2. The van der Waals surface area contributed by atoms with E-state index in [-0.39, 0.29) is 29.8 Å². The van der Waals surface area contributed by atoms with Crippen molar-refractivity contribution in [3.8, 4) is 11.5 Å². The van der Waals surface area contributed by atoms with E-state index in [1.54, 1.807) is 6.07 Å². The standard InChI is InChI=1S/C22H31N3O5S2/c1-5-7-17-20(6-2)31-22(23-17)24-21(26)15-10-12-25(13-11-15)32(27,28)16-8-9-18(29-3)19(14-16)30-4/h8-9,14-15H,5-7,10-13H2,1-4H3,(H,23,24,26). The lowest BCUT2D eigenvalue weighted by atomic mass is 9.97. The molecule has 1 aliphatic heterocycles. The number of aromatic nitrogens is 1. The molecule has 32 heavy (non-hydrogen) atoms. The van der Waals surface area contributed by atoms with Crippen LogP contribution in [0, 0.1) is 5.92 Å². The van der Waals surface area contributed by atoms with Crippen LogP contribution < -0.4 is 14.8 Å². The summed E-state index contributed by atoms with van der Waals surface area (Å²) < 4.78 is 38.0. The third-order valence-electron chi connectivity index (χ3n) is 5.63. The van der Waals surface area contributed by atoms with Crippen molar-refractivity contribution in [2.45, 2.75) is 50.8 Å². The zero-order chi connectivity index (χ0) is 23.3. The van der Waals surface area contributed by atoms with E-state index in [2.05, 4.69) is 24.1 Å². The summed E-state index contributed by atoms with van der Waals surface area (Å²) in [6, 6.07) is 4.56. The minimum Gasteiger partial charge on any atom is -0.493 e. The number of aryl methyl sites for hydroxylation is 2. The Morgan fingerprint density at radius 3 is 2.47 bits per heavy atom. The van der Waals surface area contributed by atoms with Crippen LogP contribution in [0.25, 0.3) is 0 Å². The van der Waals surface area contributed by atoms with Gasteiger partial charge in [0.05, 0.1) is 24.8 Å². The Kier molecular flexibility index (Phi) is 8.13. The van der Waals surface area contributed by atoms with Gasteiger partial charge >= 0.3 is 0 Å². The van der Waals surface area contributed by atoms with Crippen LogP contribution in [-0.4, -0.2) is 50.9 Å². The second-order valence-corrected chi connectivity index (χ2v) is 10.7. The van der Waals surface area contributed by atoms with Gasteiger partial charge in [0.25, 0.3) is 0 Å². The Morgan fingerprint density at radius 2 is 1.88 bits per heavy atom. The number of sulfonamides is 1. The molecule has 0 spiro atoms. The molecule has 2 aromatic rings. The number of methoxy groups -OCH3 is 2. The van der Waals surface area contributed by atoms with Crippen LogP contribution in [0.4, 0.5) is 5.13 Å². The number of carbonyl (C=O) groups is 1. The highest BCUT2D eigenvalue weighted by atomic mass is 32.2. The van der Waals surface area contributed by atoms with Crippen LogP contribution in [0.1, 0.15) is 43.7 Å². The second-order valence-electron chi connectivity index (χ2n) is 7.68. The number of hydrogen-bond donors (Lipinski definition) is 1. The number of nitrogens with one attached hydrogen (secondary N) is 1. The van der Waals surface area contributed by atoms with E-state index in [1.807, 2.05) is 0 Å². The lowest BCUT2D eigenvalue weighted by Gasteiger charge is -2.30. The first kappa shape index (κ1) is 24.5. The summed E-state index contributed by atoms with van der Waals surface area (Å²) in [5.74, 6) is 0.501. The van der Waals surface area contributed by atoms with Gasteiger partial charge in [-0.1, -0.05) is 20.3 Å². The molecule has 8 nitrogen and oxygen atoms in total. The number of hydrogen-bond acceptors (Lipinski definition) is 7. The molecule has 0 saturated carbocycles. The van der Waals surface area contributed by atoms with Gasteiger partial charge in [0, 0.05) is 30.0 Å². The highest BCUT2D eigenvalue weighted by molar-refractivity contribution is 7.89. The summed E-state index contributed by atoms with van der Waals surface area (Å²) in [6.07, 6.45) is 3.74. The average Bonchev–Trinajstić information content (AvgIpc) is 3.19. The van der Waals surface area contributed by atoms with E-state index in [1.165, 1.54) is 46.9 Å². The van der Waals surface area contributed by atoms with Crippen molar-refractivity contribution in [1.29, 1.82) is 0 Å². The van der Waals surface area contributed by atoms with E-state index in [0.717, 1.165) is 25.0 Å². The highest BCUT2D eigenvalue weighted by Crippen LogP contribution is 2.32. The molecule has 0 aliphatic carbocycles. The number of anilines is 1. The maximum atomic E-state index is 13.1. The van der Waals surface area contributed by atoms with E-state index in [4.69, 9.17) is 9.47 Å². The Labute approximate surface area is 194 Å². The predicted octanol–water partition coefficient (Wildman–Crippen LogP) is 3.71. The molecule has 1 saturated heterocycles. The first-order chi connectivity index (χ1) is 15.3. The fraction of sp³-hybridized carbons (Fsp3) is 0.545. The van der Waals surface area contributed by atoms with Crippen LogP contribution in [0.5, 0.6) is 11.5 Å². The SMILES string of the molecule is CCCc1nc(NC(=O)C2CCN(S(=O)(=O)c3ccc(OC)c(OC)c3)CC2)sc1CC. The van der Waals surface area contributed by atoms with Gasteiger partial charge in [0.2, 0.25) is 15.9 Å². The Morgan fingerprint density at radius 1 is 1.19 bits per heavy atom. The van der Waals surface area contributed by atoms with E-state index in [9.17, 15) is 13.2 Å². The molecule has 3 rings (SSSR count). The Hall–Kier alpha value is -2.17. The molecule has 2 heterocycles. The number of thiazole rings is 1. The topological polar surface area (TPSA) is 97.8 Å². The number of nitrogens with zero attached hydrogens (tertiary/aromatic N) is 2. The fourth-order valence-corrected chi connectivity index (χ4v) is 6.27. The maximum Gasteiger partial charge on any atom is 0.243 e. The molecule has 0 radical (unpaired) electrons. The largest absolute Gasteiger partial charge is 0.493 e. The average molecular weight is 482 g/mol. The van der Waals surface area contributed by atoms with E-state index in [0.29, 0.717) is 29.5 Å². The summed E-state index contributed by atoms with van der Waals surface area (Å²) in [4.78, 5) is 18.7. The van der Waals surface area contributed by atoms with Gasteiger partial charge < -0.3 is 14.8 Å². The molecule has 1 aromatic heterocycles. The molecule has 1 fully saturated rings. The number of amides is 1. The van der Waals surface area contributed by atoms with Crippen LogP contribution >= 0.6 is 11.3 Å². The lowest BCUT2D eigenvalue weighted by molar-refractivity contribution is -0.120. The molecule has 10 heteroatoms. The van der Waals surface area contributed by atoms with Crippen molar-refractivity contribution in [2.24, 2.45) is 5.92 Å². The monoisotopic (exact) mass is 481 g/mol. The number of benzene rings is 1. The summed E-state index contributed by atoms with van der Waals surface area (Å²) in [5.41, 5.74) is 1.06. The van der Waals surface area contributed by atoms with Crippen molar-refractivity contribution in [1.82, 2.24) is 9.29 Å². The summed E-state index contributed by atoms with van der Waals surface area (Å²) in [6.45, 7) is 4.77. The molecule has 1 aromatic carbocycles.